The average molecular weight is 537 g/mol. The molecule has 0 saturated carbocycles. The summed E-state index contributed by atoms with van der Waals surface area (Å²) in [6.45, 7) is 7.44. The monoisotopic (exact) mass is 536 g/mol. The van der Waals surface area contributed by atoms with Gasteiger partial charge in [0.1, 0.15) is 18.1 Å². The molecule has 3 aromatic rings. The van der Waals surface area contributed by atoms with Crippen LogP contribution in [0, 0.1) is 11.8 Å². The van der Waals surface area contributed by atoms with Gasteiger partial charge in [-0.25, -0.2) is 14.2 Å². The van der Waals surface area contributed by atoms with Gasteiger partial charge < -0.3 is 20.7 Å². The van der Waals surface area contributed by atoms with Gasteiger partial charge in [0.05, 0.1) is 10.9 Å². The molecular weight excluding hydrogens is 500 g/mol. The summed E-state index contributed by atoms with van der Waals surface area (Å²) in [5.74, 6) is -2.50. The zero-order valence-electron chi connectivity index (χ0n) is 22.6. The van der Waals surface area contributed by atoms with Gasteiger partial charge >= 0.3 is 11.7 Å². The van der Waals surface area contributed by atoms with Gasteiger partial charge in [0.25, 0.3) is 5.56 Å². The number of hydrogen-bond donors (Lipinski definition) is 4. The fourth-order valence-electron chi connectivity index (χ4n) is 4.53. The van der Waals surface area contributed by atoms with Gasteiger partial charge in [-0.3, -0.25) is 14.4 Å². The van der Waals surface area contributed by atoms with Gasteiger partial charge in [0, 0.05) is 6.42 Å². The number of benzene rings is 2. The Hall–Kier alpha value is -4.21. The lowest BCUT2D eigenvalue weighted by Gasteiger charge is -2.26. The molecule has 0 radical (unpaired) electrons. The predicted octanol–water partition coefficient (Wildman–Crippen LogP) is 2.62. The zero-order valence-corrected chi connectivity index (χ0v) is 22.6. The van der Waals surface area contributed by atoms with Crippen LogP contribution in [-0.4, -0.2) is 44.5 Å². The second-order valence-corrected chi connectivity index (χ2v) is 10.6. The van der Waals surface area contributed by atoms with Gasteiger partial charge in [0.2, 0.25) is 11.8 Å². The Kier molecular flexibility index (Phi) is 9.81. The van der Waals surface area contributed by atoms with Crippen LogP contribution in [0.1, 0.15) is 52.1 Å². The van der Waals surface area contributed by atoms with Crippen molar-refractivity contribution in [3.63, 3.8) is 0 Å². The van der Waals surface area contributed by atoms with E-state index in [-0.39, 0.29) is 36.5 Å². The molecule has 0 unspecified atom stereocenters. The normalized spacial score (nSPS) is 13.7. The molecule has 1 heterocycles. The fourth-order valence-corrected chi connectivity index (χ4v) is 4.53. The third-order valence-corrected chi connectivity index (χ3v) is 6.38. The lowest BCUT2D eigenvalue weighted by molar-refractivity contribution is -0.142. The molecule has 3 rings (SSSR count). The Morgan fingerprint density at radius 3 is 2.00 bits per heavy atom. The molecule has 3 atom stereocenters. The van der Waals surface area contributed by atoms with Crippen molar-refractivity contribution in [2.45, 2.75) is 65.1 Å². The molecule has 10 heteroatoms. The first-order valence-electron chi connectivity index (χ1n) is 13.1. The number of amides is 2. The van der Waals surface area contributed by atoms with Gasteiger partial charge in [-0.2, -0.15) is 0 Å². The average Bonchev–Trinajstić information content (AvgIpc) is 2.87. The molecule has 0 fully saturated rings. The number of nitrogens with zero attached hydrogens (tertiary/aromatic N) is 1. The molecule has 2 amide bonds. The Bertz CT molecular complexity index is 1430. The van der Waals surface area contributed by atoms with E-state index >= 15 is 0 Å². The van der Waals surface area contributed by atoms with E-state index < -0.39 is 47.2 Å². The predicted molar refractivity (Wildman–Crippen MR) is 148 cm³/mol. The minimum Gasteiger partial charge on any atom is -0.480 e. The highest BCUT2D eigenvalue weighted by atomic mass is 16.4. The number of aromatic amines is 1. The van der Waals surface area contributed by atoms with Crippen molar-refractivity contribution >= 4 is 28.7 Å². The smallest absolute Gasteiger partial charge is 0.329 e. The van der Waals surface area contributed by atoms with Crippen LogP contribution in [0.4, 0.5) is 0 Å². The standard InChI is InChI=1S/C29H36N4O6/c1-17(2)14-22(25(34)31-23(28(37)38)15-18(3)4)30-26(35)24(16-19-10-6-5-7-11-19)33-27(36)20-12-8-9-13-21(20)32-29(33)39/h5-13,17-18,22-24H,14-16H2,1-4H3,(H,30,35)(H,31,34)(H,32,39)(H,37,38)/t22-,23-,24+/m0/s1. The Morgan fingerprint density at radius 1 is 0.821 bits per heavy atom. The number of carbonyl (C=O) groups is 3. The largest absolute Gasteiger partial charge is 0.480 e. The third kappa shape index (κ3) is 7.66. The van der Waals surface area contributed by atoms with Gasteiger partial charge in [0.15, 0.2) is 0 Å². The molecule has 0 aliphatic heterocycles. The van der Waals surface area contributed by atoms with E-state index in [9.17, 15) is 29.1 Å². The summed E-state index contributed by atoms with van der Waals surface area (Å²) in [6.07, 6.45) is 0.476. The summed E-state index contributed by atoms with van der Waals surface area (Å²) in [5.41, 5.74) is -0.310. The number of hydrogen-bond acceptors (Lipinski definition) is 5. The van der Waals surface area contributed by atoms with Crippen LogP contribution >= 0.6 is 0 Å². The van der Waals surface area contributed by atoms with Crippen LogP contribution in [0.25, 0.3) is 10.9 Å². The molecule has 0 saturated heterocycles. The molecule has 0 spiro atoms. The van der Waals surface area contributed by atoms with E-state index in [4.69, 9.17) is 0 Å². The number of carboxylic acids is 1. The second-order valence-electron chi connectivity index (χ2n) is 10.6. The minimum absolute atomic E-state index is 0.0196. The summed E-state index contributed by atoms with van der Waals surface area (Å²) in [4.78, 5) is 67.9. The highest BCUT2D eigenvalue weighted by molar-refractivity contribution is 5.91. The number of rotatable bonds is 12. The first-order chi connectivity index (χ1) is 18.5. The number of H-pyrrole nitrogens is 1. The first-order valence-corrected chi connectivity index (χ1v) is 13.1. The van der Waals surface area contributed by atoms with E-state index in [0.29, 0.717) is 11.1 Å². The van der Waals surface area contributed by atoms with Crippen LogP contribution < -0.4 is 21.9 Å². The molecule has 1 aromatic heterocycles. The van der Waals surface area contributed by atoms with Crippen molar-refractivity contribution < 1.29 is 19.5 Å². The van der Waals surface area contributed by atoms with Gasteiger partial charge in [-0.1, -0.05) is 70.2 Å². The molecule has 39 heavy (non-hydrogen) atoms. The van der Waals surface area contributed by atoms with Gasteiger partial charge in [-0.15, -0.1) is 0 Å². The van der Waals surface area contributed by atoms with E-state index in [1.54, 1.807) is 48.5 Å². The van der Waals surface area contributed by atoms with Crippen molar-refractivity contribution in [1.82, 2.24) is 20.2 Å². The van der Waals surface area contributed by atoms with Crippen LogP contribution in [0.5, 0.6) is 0 Å². The van der Waals surface area contributed by atoms with Crippen LogP contribution in [0.3, 0.4) is 0 Å². The molecule has 10 nitrogen and oxygen atoms in total. The number of aliphatic carboxylic acids is 1. The number of carboxylic acid groups (broad SMARTS) is 1. The summed E-state index contributed by atoms with van der Waals surface area (Å²) in [6, 6.07) is 12.0. The van der Waals surface area contributed by atoms with Gasteiger partial charge in [-0.05, 0) is 42.4 Å². The number of aromatic nitrogens is 2. The quantitative estimate of drug-likeness (QED) is 0.279. The van der Waals surface area contributed by atoms with Crippen LogP contribution in [0.15, 0.2) is 64.2 Å². The van der Waals surface area contributed by atoms with Crippen molar-refractivity contribution in [3.8, 4) is 0 Å². The van der Waals surface area contributed by atoms with E-state index in [1.807, 2.05) is 33.8 Å². The molecule has 208 valence electrons. The van der Waals surface area contributed by atoms with E-state index in [0.717, 1.165) is 4.57 Å². The maximum absolute atomic E-state index is 13.8. The lowest BCUT2D eigenvalue weighted by atomic mass is 9.99. The summed E-state index contributed by atoms with van der Waals surface area (Å²) >= 11 is 0. The van der Waals surface area contributed by atoms with Crippen molar-refractivity contribution in [2.24, 2.45) is 11.8 Å². The third-order valence-electron chi connectivity index (χ3n) is 6.38. The Balaban J connectivity index is 2.00. The van der Waals surface area contributed by atoms with E-state index in [1.165, 1.54) is 0 Å². The first kappa shape index (κ1) is 29.3. The maximum atomic E-state index is 13.8. The van der Waals surface area contributed by atoms with E-state index in [2.05, 4.69) is 15.6 Å². The number of carbonyl (C=O) groups excluding carboxylic acids is 2. The van der Waals surface area contributed by atoms with Crippen molar-refractivity contribution in [1.29, 1.82) is 0 Å². The molecule has 0 aliphatic rings. The number of nitrogens with one attached hydrogen (secondary N) is 3. The number of para-hydroxylation sites is 1. The highest BCUT2D eigenvalue weighted by Gasteiger charge is 2.32. The minimum atomic E-state index is -1.26. The Morgan fingerprint density at radius 2 is 1.38 bits per heavy atom. The summed E-state index contributed by atoms with van der Waals surface area (Å²) < 4.78 is 0.883. The molecule has 0 aliphatic carbocycles. The van der Waals surface area contributed by atoms with Crippen LogP contribution in [0.2, 0.25) is 0 Å². The lowest BCUT2D eigenvalue weighted by Crippen LogP contribution is -2.54. The molecule has 2 aromatic carbocycles. The topological polar surface area (TPSA) is 150 Å². The summed E-state index contributed by atoms with van der Waals surface area (Å²) in [7, 11) is 0. The second kappa shape index (κ2) is 13.0. The van der Waals surface area contributed by atoms with Crippen LogP contribution in [-0.2, 0) is 20.8 Å². The molecule has 4 N–H and O–H groups in total. The van der Waals surface area contributed by atoms with Crippen molar-refractivity contribution in [3.05, 3.63) is 81.0 Å². The molecule has 0 bridgehead atoms. The SMILES string of the molecule is CC(C)C[C@H](NC(=O)[C@H](CC(C)C)NC(=O)[C@@H](Cc1ccccc1)n1c(=O)[nH]c2ccccc2c1=O)C(=O)O. The fraction of sp³-hybridized carbons (Fsp3) is 0.414. The van der Waals surface area contributed by atoms with Crippen molar-refractivity contribution in [2.75, 3.05) is 0 Å². The highest BCUT2D eigenvalue weighted by Crippen LogP contribution is 2.16. The molecular formula is C29H36N4O6. The number of fused-ring (bicyclic) bond motifs is 1. The maximum Gasteiger partial charge on any atom is 0.329 e. The zero-order chi connectivity index (χ0) is 28.7. The summed E-state index contributed by atoms with van der Waals surface area (Å²) in [5, 5.41) is 15.1. The Labute approximate surface area is 226 Å².